The Balaban J connectivity index is 2.11. The lowest BCUT2D eigenvalue weighted by Gasteiger charge is -2.21. The Hall–Kier alpha value is -1.01. The van der Waals surface area contributed by atoms with Gasteiger partial charge in [-0.15, -0.1) is 5.10 Å². The molecule has 1 aliphatic rings. The van der Waals surface area contributed by atoms with Crippen molar-refractivity contribution < 1.29 is 4.74 Å². The molecule has 1 aromatic heterocycles. The highest BCUT2D eigenvalue weighted by Crippen LogP contribution is 2.20. The molecule has 1 saturated heterocycles. The first-order valence-corrected chi connectivity index (χ1v) is 5.01. The number of ether oxygens (including phenoxy) is 1. The van der Waals surface area contributed by atoms with E-state index in [-0.39, 0.29) is 11.2 Å². The second-order valence-electron chi connectivity index (χ2n) is 3.23. The van der Waals surface area contributed by atoms with Crippen LogP contribution in [-0.4, -0.2) is 26.4 Å². The minimum absolute atomic E-state index is 0.000602. The Morgan fingerprint density at radius 1 is 1.64 bits per heavy atom. The molecule has 14 heavy (non-hydrogen) atoms. The van der Waals surface area contributed by atoms with Crippen LogP contribution in [0.25, 0.3) is 0 Å². The first kappa shape index (κ1) is 9.54. The molecule has 2 heterocycles. The highest BCUT2D eigenvalue weighted by molar-refractivity contribution is 7.80. The predicted molar refractivity (Wildman–Crippen MR) is 54.7 cm³/mol. The molecule has 2 rings (SSSR count). The highest BCUT2D eigenvalue weighted by Gasteiger charge is 2.17. The van der Waals surface area contributed by atoms with Gasteiger partial charge < -0.3 is 10.5 Å². The normalized spacial score (nSPS) is 22.1. The largest absolute Gasteiger partial charge is 0.387 e. The van der Waals surface area contributed by atoms with E-state index in [1.54, 1.807) is 11.0 Å². The van der Waals surface area contributed by atoms with Crippen molar-refractivity contribution in [3.63, 3.8) is 0 Å². The summed E-state index contributed by atoms with van der Waals surface area (Å²) in [6, 6.07) is 0. The fourth-order valence-electron chi connectivity index (χ4n) is 1.46. The van der Waals surface area contributed by atoms with Gasteiger partial charge in [-0.1, -0.05) is 12.2 Å². The van der Waals surface area contributed by atoms with Crippen LogP contribution in [0.3, 0.4) is 0 Å². The smallest absolute Gasteiger partial charge is 0.208 e. The lowest BCUT2D eigenvalue weighted by atomic mass is 10.2. The quantitative estimate of drug-likeness (QED) is 0.728. The molecule has 1 aliphatic heterocycles. The summed E-state index contributed by atoms with van der Waals surface area (Å²) in [5.74, 6) is 0.411. The van der Waals surface area contributed by atoms with Crippen molar-refractivity contribution in [2.75, 3.05) is 6.61 Å². The minimum Gasteiger partial charge on any atom is -0.387 e. The average Bonchev–Trinajstić information content (AvgIpc) is 2.68. The molecule has 0 bridgehead atoms. The van der Waals surface area contributed by atoms with Crippen LogP contribution in [-0.2, 0) is 4.74 Å². The summed E-state index contributed by atoms with van der Waals surface area (Å²) in [5, 5.41) is 4.15. The topological polar surface area (TPSA) is 66.0 Å². The number of rotatable bonds is 2. The molecule has 6 heteroatoms. The third-order valence-electron chi connectivity index (χ3n) is 2.18. The van der Waals surface area contributed by atoms with Crippen molar-refractivity contribution >= 4 is 17.2 Å². The van der Waals surface area contributed by atoms with Crippen molar-refractivity contribution in [1.82, 2.24) is 14.8 Å². The van der Waals surface area contributed by atoms with E-state index in [2.05, 4.69) is 10.1 Å². The van der Waals surface area contributed by atoms with E-state index in [0.717, 1.165) is 25.9 Å². The summed E-state index contributed by atoms with van der Waals surface area (Å²) in [4.78, 5) is 4.22. The van der Waals surface area contributed by atoms with Gasteiger partial charge in [0.2, 0.25) is 5.82 Å². The first-order valence-electron chi connectivity index (χ1n) is 4.60. The van der Waals surface area contributed by atoms with Gasteiger partial charge in [0.25, 0.3) is 0 Å². The van der Waals surface area contributed by atoms with Gasteiger partial charge in [0.05, 0.1) is 0 Å². The summed E-state index contributed by atoms with van der Waals surface area (Å²) < 4.78 is 7.22. The van der Waals surface area contributed by atoms with Crippen molar-refractivity contribution in [1.29, 1.82) is 0 Å². The van der Waals surface area contributed by atoms with Gasteiger partial charge in [0, 0.05) is 6.61 Å². The van der Waals surface area contributed by atoms with Crippen LogP contribution >= 0.6 is 12.2 Å². The van der Waals surface area contributed by atoms with Gasteiger partial charge in [0.15, 0.2) is 6.23 Å². The van der Waals surface area contributed by atoms with Crippen LogP contribution in [0.5, 0.6) is 0 Å². The molecule has 1 unspecified atom stereocenters. The Kier molecular flexibility index (Phi) is 2.74. The van der Waals surface area contributed by atoms with Crippen molar-refractivity contribution in [3.8, 4) is 0 Å². The monoisotopic (exact) mass is 212 g/mol. The fourth-order valence-corrected chi connectivity index (χ4v) is 1.55. The number of nitrogens with zero attached hydrogens (tertiary/aromatic N) is 3. The third-order valence-corrected chi connectivity index (χ3v) is 2.36. The molecule has 0 spiro atoms. The van der Waals surface area contributed by atoms with Crippen molar-refractivity contribution in [3.05, 3.63) is 12.2 Å². The second-order valence-corrected chi connectivity index (χ2v) is 3.67. The summed E-state index contributed by atoms with van der Waals surface area (Å²) in [6.07, 6.45) is 4.87. The van der Waals surface area contributed by atoms with Crippen LogP contribution in [0, 0.1) is 0 Å². The molecule has 5 nitrogen and oxygen atoms in total. The maximum atomic E-state index is 5.53. The van der Waals surface area contributed by atoms with Gasteiger partial charge >= 0.3 is 0 Å². The van der Waals surface area contributed by atoms with Crippen LogP contribution in [0.2, 0.25) is 0 Å². The maximum absolute atomic E-state index is 5.53. The molecule has 76 valence electrons. The minimum atomic E-state index is -0.000602. The Morgan fingerprint density at radius 3 is 3.07 bits per heavy atom. The predicted octanol–water partition coefficient (Wildman–Crippen LogP) is 0.611. The first-order chi connectivity index (χ1) is 6.77. The number of aromatic nitrogens is 3. The van der Waals surface area contributed by atoms with E-state index >= 15 is 0 Å². The van der Waals surface area contributed by atoms with E-state index in [1.807, 2.05) is 0 Å². The Morgan fingerprint density at radius 2 is 2.50 bits per heavy atom. The Bertz CT molecular complexity index is 332. The molecular formula is C8H12N4OS. The molecular weight excluding hydrogens is 200 g/mol. The number of hydrogen-bond acceptors (Lipinski definition) is 4. The standard InChI is InChI=1S/C8H12N4OS/c9-7(14)8-10-5-12(11-8)6-3-1-2-4-13-6/h5-6H,1-4H2,(H2,9,14). The number of nitrogens with two attached hydrogens (primary N) is 1. The molecule has 0 aliphatic carbocycles. The molecule has 0 radical (unpaired) electrons. The van der Waals surface area contributed by atoms with Crippen LogP contribution in [0.1, 0.15) is 31.3 Å². The van der Waals surface area contributed by atoms with Gasteiger partial charge in [0.1, 0.15) is 11.3 Å². The molecule has 0 saturated carbocycles. The van der Waals surface area contributed by atoms with Gasteiger partial charge in [-0.25, -0.2) is 9.67 Å². The highest BCUT2D eigenvalue weighted by atomic mass is 32.1. The zero-order chi connectivity index (χ0) is 9.97. The molecule has 1 atom stereocenters. The average molecular weight is 212 g/mol. The van der Waals surface area contributed by atoms with Crippen LogP contribution in [0.4, 0.5) is 0 Å². The molecule has 2 N–H and O–H groups in total. The van der Waals surface area contributed by atoms with Gasteiger partial charge in [-0.05, 0) is 19.3 Å². The fraction of sp³-hybridized carbons (Fsp3) is 0.625. The second kappa shape index (κ2) is 4.02. The van der Waals surface area contributed by atoms with Crippen molar-refractivity contribution in [2.45, 2.75) is 25.5 Å². The third kappa shape index (κ3) is 1.91. The van der Waals surface area contributed by atoms with Crippen LogP contribution < -0.4 is 5.73 Å². The maximum Gasteiger partial charge on any atom is 0.208 e. The molecule has 0 aromatic carbocycles. The van der Waals surface area contributed by atoms with E-state index in [0.29, 0.717) is 5.82 Å². The zero-order valence-electron chi connectivity index (χ0n) is 7.72. The summed E-state index contributed by atoms with van der Waals surface area (Å²) >= 11 is 4.78. The lowest BCUT2D eigenvalue weighted by molar-refractivity contribution is -0.0397. The lowest BCUT2D eigenvalue weighted by Crippen LogP contribution is -2.19. The SMILES string of the molecule is NC(=S)c1ncn(C2CCCCO2)n1. The number of thiocarbonyl (C=S) groups is 1. The summed E-state index contributed by atoms with van der Waals surface area (Å²) in [5.41, 5.74) is 5.41. The van der Waals surface area contributed by atoms with Crippen LogP contribution in [0.15, 0.2) is 6.33 Å². The molecule has 0 amide bonds. The zero-order valence-corrected chi connectivity index (χ0v) is 8.54. The summed E-state index contributed by atoms with van der Waals surface area (Å²) in [7, 11) is 0. The van der Waals surface area contributed by atoms with E-state index in [9.17, 15) is 0 Å². The Labute approximate surface area is 87.3 Å². The van der Waals surface area contributed by atoms with E-state index < -0.39 is 0 Å². The van der Waals surface area contributed by atoms with Crippen molar-refractivity contribution in [2.24, 2.45) is 5.73 Å². The van der Waals surface area contributed by atoms with E-state index in [1.165, 1.54) is 0 Å². The molecule has 1 aromatic rings. The van der Waals surface area contributed by atoms with E-state index in [4.69, 9.17) is 22.7 Å². The van der Waals surface area contributed by atoms with Gasteiger partial charge in [-0.2, -0.15) is 0 Å². The molecule has 1 fully saturated rings. The van der Waals surface area contributed by atoms with Gasteiger partial charge in [-0.3, -0.25) is 0 Å². The summed E-state index contributed by atoms with van der Waals surface area (Å²) in [6.45, 7) is 0.785. The number of hydrogen-bond donors (Lipinski definition) is 1.